The Bertz CT molecular complexity index is 1070. The molecule has 31 heavy (non-hydrogen) atoms. The maximum Gasteiger partial charge on any atom is 0.253 e. The Labute approximate surface area is 181 Å². The lowest BCUT2D eigenvalue weighted by Crippen LogP contribution is -2.43. The number of nitrogens with two attached hydrogens (primary N) is 1. The molecule has 0 saturated carbocycles. The highest BCUT2D eigenvalue weighted by atomic mass is 19.1. The minimum Gasteiger partial charge on any atom is -0.393 e. The molecule has 4 rings (SSSR count). The number of piperidine rings is 1. The highest BCUT2D eigenvalue weighted by Crippen LogP contribution is 2.35. The van der Waals surface area contributed by atoms with E-state index in [0.717, 1.165) is 11.1 Å². The van der Waals surface area contributed by atoms with E-state index in [1.807, 2.05) is 55.1 Å². The summed E-state index contributed by atoms with van der Waals surface area (Å²) in [5, 5.41) is 13.8. The molecule has 0 amide bonds. The molecule has 2 aromatic carbocycles. The first kappa shape index (κ1) is 21.1. The predicted octanol–water partition coefficient (Wildman–Crippen LogP) is 4.21. The number of likely N-dealkylation sites (tertiary alicyclic amines) is 1. The third-order valence-electron chi connectivity index (χ3n) is 5.93. The van der Waals surface area contributed by atoms with Gasteiger partial charge in [-0.3, -0.25) is 0 Å². The largest absolute Gasteiger partial charge is 0.393 e. The molecule has 0 atom stereocenters. The van der Waals surface area contributed by atoms with Crippen LogP contribution in [-0.4, -0.2) is 40.3 Å². The van der Waals surface area contributed by atoms with Crippen LogP contribution in [0.2, 0.25) is 0 Å². The second-order valence-electron chi connectivity index (χ2n) is 8.42. The molecule has 1 aliphatic rings. The predicted molar refractivity (Wildman–Crippen MR) is 119 cm³/mol. The lowest BCUT2D eigenvalue weighted by Gasteiger charge is -2.29. The van der Waals surface area contributed by atoms with Crippen LogP contribution in [0.5, 0.6) is 0 Å². The first-order valence-corrected chi connectivity index (χ1v) is 10.4. The number of aliphatic hydroxyl groups is 1. The molecule has 1 aromatic heterocycles. The Morgan fingerprint density at radius 1 is 1.16 bits per heavy atom. The minimum atomic E-state index is -0.586. The van der Waals surface area contributed by atoms with Gasteiger partial charge < -0.3 is 20.3 Å². The molecular formula is C24H27FN4O2. The van der Waals surface area contributed by atoms with Crippen LogP contribution in [0.4, 0.5) is 10.3 Å². The van der Waals surface area contributed by atoms with Gasteiger partial charge in [-0.05, 0) is 30.0 Å². The molecule has 0 spiro atoms. The highest BCUT2D eigenvalue weighted by molar-refractivity contribution is 5.80. The fraction of sp³-hybridized carbons (Fsp3) is 0.333. The number of hydrogen-bond donors (Lipinski definition) is 2. The maximum absolute atomic E-state index is 14.9. The molecule has 7 heteroatoms. The zero-order valence-electron chi connectivity index (χ0n) is 17.8. The molecule has 3 N–H and O–H groups in total. The third kappa shape index (κ3) is 4.46. The van der Waals surface area contributed by atoms with Crippen molar-refractivity contribution in [2.45, 2.75) is 38.2 Å². The fourth-order valence-corrected chi connectivity index (χ4v) is 3.79. The number of benzene rings is 2. The van der Waals surface area contributed by atoms with Gasteiger partial charge in [-0.2, -0.15) is 4.99 Å². The van der Waals surface area contributed by atoms with Gasteiger partial charge in [-0.25, -0.2) is 4.39 Å². The Kier molecular flexibility index (Phi) is 5.78. The molecule has 1 aliphatic heterocycles. The van der Waals surface area contributed by atoms with E-state index >= 15 is 0 Å². The topological polar surface area (TPSA) is 87.9 Å². The van der Waals surface area contributed by atoms with Gasteiger partial charge in [0.1, 0.15) is 5.82 Å². The average Bonchev–Trinajstić information content (AvgIpc) is 3.24. The molecule has 162 valence electrons. The van der Waals surface area contributed by atoms with Gasteiger partial charge in [0.05, 0.1) is 11.8 Å². The number of hydrogen-bond acceptors (Lipinski definition) is 4. The molecule has 2 heterocycles. The van der Waals surface area contributed by atoms with Gasteiger partial charge in [-0.1, -0.05) is 61.5 Å². The van der Waals surface area contributed by atoms with E-state index in [1.54, 1.807) is 18.2 Å². The van der Waals surface area contributed by atoms with Crippen molar-refractivity contribution < 1.29 is 14.0 Å². The number of aromatic nitrogens is 1. The van der Waals surface area contributed by atoms with E-state index in [2.05, 4.69) is 10.1 Å². The van der Waals surface area contributed by atoms with E-state index in [4.69, 9.17) is 10.3 Å². The van der Waals surface area contributed by atoms with Crippen LogP contribution in [0, 0.1) is 5.82 Å². The van der Waals surface area contributed by atoms with E-state index < -0.39 is 5.41 Å². The fourth-order valence-electron chi connectivity index (χ4n) is 3.79. The van der Waals surface area contributed by atoms with E-state index in [1.165, 1.54) is 0 Å². The first-order chi connectivity index (χ1) is 14.8. The summed E-state index contributed by atoms with van der Waals surface area (Å²) in [6, 6.07) is 16.5. The molecule has 0 radical (unpaired) electrons. The smallest absolute Gasteiger partial charge is 0.253 e. The van der Waals surface area contributed by atoms with E-state index in [-0.39, 0.29) is 11.9 Å². The molecule has 6 nitrogen and oxygen atoms in total. The number of halogens is 1. The number of guanidine groups is 1. The zero-order valence-corrected chi connectivity index (χ0v) is 17.8. The summed E-state index contributed by atoms with van der Waals surface area (Å²) in [5.41, 5.74) is 8.34. The summed E-state index contributed by atoms with van der Waals surface area (Å²) < 4.78 is 20.3. The molecule has 0 unspecified atom stereocenters. The summed E-state index contributed by atoms with van der Waals surface area (Å²) in [5.74, 6) is 0.355. The van der Waals surface area contributed by atoms with Crippen molar-refractivity contribution in [1.29, 1.82) is 0 Å². The van der Waals surface area contributed by atoms with Crippen molar-refractivity contribution >= 4 is 11.8 Å². The van der Waals surface area contributed by atoms with Crippen LogP contribution >= 0.6 is 0 Å². The van der Waals surface area contributed by atoms with Crippen LogP contribution in [0.3, 0.4) is 0 Å². The molecule has 3 aromatic rings. The van der Waals surface area contributed by atoms with Crippen molar-refractivity contribution in [1.82, 2.24) is 10.1 Å². The molecule has 0 bridgehead atoms. The summed E-state index contributed by atoms with van der Waals surface area (Å²) in [7, 11) is 0. The number of aliphatic imine (C=N–C) groups is 1. The standard InChI is InChI=1S/C24H27FN4O2/c1-24(2,17-8-9-19(20(25)14-17)16-6-4-3-5-7-16)21-15-22(31-28-21)27-23(26)29-12-10-18(30)11-13-29/h3-9,14-15,18,30H,10-13H2,1-2H3,(H2,26,27). The SMILES string of the molecule is CC(C)(c1ccc(-c2ccccc2)c(F)c1)c1cc(/N=C(\N)N2CCC(O)CC2)on1. The van der Waals surface area contributed by atoms with E-state index in [9.17, 15) is 9.50 Å². The molecule has 0 aliphatic carbocycles. The second-order valence-corrected chi connectivity index (χ2v) is 8.42. The van der Waals surface area contributed by atoms with Crippen LogP contribution in [0.1, 0.15) is 37.9 Å². The lowest BCUT2D eigenvalue weighted by molar-refractivity contribution is 0.109. The Morgan fingerprint density at radius 2 is 1.87 bits per heavy atom. The first-order valence-electron chi connectivity index (χ1n) is 10.4. The van der Waals surface area contributed by atoms with Crippen LogP contribution in [-0.2, 0) is 5.41 Å². The Balaban J connectivity index is 1.55. The van der Waals surface area contributed by atoms with Crippen LogP contribution in [0.15, 0.2) is 64.1 Å². The van der Waals surface area contributed by atoms with Gasteiger partial charge in [0.2, 0.25) is 0 Å². The van der Waals surface area contributed by atoms with Gasteiger partial charge in [0, 0.05) is 30.1 Å². The number of aliphatic hydroxyl groups excluding tert-OH is 1. The van der Waals surface area contributed by atoms with Crippen molar-refractivity contribution in [2.75, 3.05) is 13.1 Å². The Hall–Kier alpha value is -3.19. The van der Waals surface area contributed by atoms with Gasteiger partial charge in [0.15, 0.2) is 5.96 Å². The third-order valence-corrected chi connectivity index (χ3v) is 5.93. The second kappa shape index (κ2) is 8.51. The summed E-state index contributed by atoms with van der Waals surface area (Å²) in [6.45, 7) is 5.22. The maximum atomic E-state index is 14.9. The van der Waals surface area contributed by atoms with Crippen molar-refractivity contribution in [3.05, 3.63) is 71.7 Å². The van der Waals surface area contributed by atoms with Crippen molar-refractivity contribution in [3.8, 4) is 11.1 Å². The van der Waals surface area contributed by atoms with Crippen molar-refractivity contribution in [2.24, 2.45) is 10.7 Å². The molecular weight excluding hydrogens is 395 g/mol. The number of rotatable bonds is 4. The molecule has 1 saturated heterocycles. The summed E-state index contributed by atoms with van der Waals surface area (Å²) >= 11 is 0. The summed E-state index contributed by atoms with van der Waals surface area (Å²) in [4.78, 5) is 6.26. The highest BCUT2D eigenvalue weighted by Gasteiger charge is 2.28. The van der Waals surface area contributed by atoms with Crippen molar-refractivity contribution in [3.63, 3.8) is 0 Å². The molecule has 1 fully saturated rings. The van der Waals surface area contributed by atoms with Gasteiger partial charge in [0.25, 0.3) is 5.88 Å². The van der Waals surface area contributed by atoms with Crippen LogP contribution in [0.25, 0.3) is 11.1 Å². The van der Waals surface area contributed by atoms with Gasteiger partial charge >= 0.3 is 0 Å². The zero-order chi connectivity index (χ0) is 22.0. The Morgan fingerprint density at radius 3 is 2.55 bits per heavy atom. The average molecular weight is 423 g/mol. The van der Waals surface area contributed by atoms with Gasteiger partial charge in [-0.15, -0.1) is 0 Å². The normalized spacial score (nSPS) is 16.0. The minimum absolute atomic E-state index is 0.282. The number of nitrogens with zero attached hydrogens (tertiary/aromatic N) is 3. The monoisotopic (exact) mass is 422 g/mol. The van der Waals surface area contributed by atoms with Crippen LogP contribution < -0.4 is 5.73 Å². The summed E-state index contributed by atoms with van der Waals surface area (Å²) in [6.07, 6.45) is 1.04. The lowest BCUT2D eigenvalue weighted by atomic mass is 9.81. The quantitative estimate of drug-likeness (QED) is 0.486. The van der Waals surface area contributed by atoms with E-state index in [0.29, 0.717) is 49.0 Å².